The van der Waals surface area contributed by atoms with Gasteiger partial charge in [-0.2, -0.15) is 0 Å². The molecule has 1 amide bonds. The van der Waals surface area contributed by atoms with Crippen LogP contribution >= 0.6 is 12.2 Å². The number of anilines is 1. The molecule has 148 valence electrons. The highest BCUT2D eigenvalue weighted by atomic mass is 32.1. The summed E-state index contributed by atoms with van der Waals surface area (Å²) in [5.41, 5.74) is 8.13. The molecule has 0 saturated heterocycles. The van der Waals surface area contributed by atoms with Gasteiger partial charge in [0.2, 0.25) is 0 Å². The molecule has 0 spiro atoms. The molecule has 3 N–H and O–H groups in total. The lowest BCUT2D eigenvalue weighted by Gasteiger charge is -2.14. The van der Waals surface area contributed by atoms with E-state index in [4.69, 9.17) is 12.2 Å². The lowest BCUT2D eigenvalue weighted by molar-refractivity contribution is 0.0946. The summed E-state index contributed by atoms with van der Waals surface area (Å²) in [6.45, 7) is 0. The minimum Gasteiger partial charge on any atom is -0.329 e. The summed E-state index contributed by atoms with van der Waals surface area (Å²) in [7, 11) is 0. The van der Waals surface area contributed by atoms with Crippen molar-refractivity contribution in [2.24, 2.45) is 0 Å². The molecule has 1 heterocycles. The van der Waals surface area contributed by atoms with Gasteiger partial charge in [0, 0.05) is 10.9 Å². The van der Waals surface area contributed by atoms with Crippen molar-refractivity contribution in [1.82, 2.24) is 15.8 Å². The van der Waals surface area contributed by atoms with E-state index in [9.17, 15) is 9.18 Å². The van der Waals surface area contributed by atoms with Gasteiger partial charge in [0.1, 0.15) is 5.82 Å². The molecule has 5 nitrogen and oxygen atoms in total. The summed E-state index contributed by atoms with van der Waals surface area (Å²) in [5, 5.41) is 3.49. The Kier molecular flexibility index (Phi) is 5.63. The minimum absolute atomic E-state index is 0.0649. The number of pyridine rings is 1. The Hall–Kier alpha value is -3.84. The summed E-state index contributed by atoms with van der Waals surface area (Å²) in [6, 6.07) is 24.9. The van der Waals surface area contributed by atoms with Crippen LogP contribution in [0.5, 0.6) is 0 Å². The van der Waals surface area contributed by atoms with Gasteiger partial charge in [0.25, 0.3) is 5.91 Å². The Balaban J connectivity index is 1.57. The van der Waals surface area contributed by atoms with Crippen molar-refractivity contribution in [2.45, 2.75) is 0 Å². The van der Waals surface area contributed by atoms with Crippen LogP contribution < -0.4 is 16.2 Å². The maximum absolute atomic E-state index is 13.7. The molecular formula is C23H17FN4OS. The minimum atomic E-state index is -0.444. The molecule has 0 atom stereocenters. The molecule has 0 aliphatic rings. The number of para-hydroxylation sites is 2. The Morgan fingerprint density at radius 2 is 1.57 bits per heavy atom. The normalized spacial score (nSPS) is 10.4. The number of hydrogen-bond acceptors (Lipinski definition) is 3. The molecular weight excluding hydrogens is 399 g/mol. The van der Waals surface area contributed by atoms with Crippen LogP contribution in [0, 0.1) is 5.82 Å². The molecule has 30 heavy (non-hydrogen) atoms. The van der Waals surface area contributed by atoms with Crippen LogP contribution in [-0.4, -0.2) is 16.0 Å². The Bertz CT molecular complexity index is 1230. The molecule has 0 aliphatic carbocycles. The van der Waals surface area contributed by atoms with Gasteiger partial charge in [-0.1, -0.05) is 60.7 Å². The lowest BCUT2D eigenvalue weighted by Crippen LogP contribution is -2.44. The predicted molar refractivity (Wildman–Crippen MR) is 120 cm³/mol. The fourth-order valence-electron chi connectivity index (χ4n) is 3.02. The number of carbonyl (C=O) groups is 1. The van der Waals surface area contributed by atoms with Gasteiger partial charge >= 0.3 is 0 Å². The van der Waals surface area contributed by atoms with Crippen molar-refractivity contribution >= 4 is 39.8 Å². The van der Waals surface area contributed by atoms with Gasteiger partial charge < -0.3 is 5.32 Å². The molecule has 0 aliphatic heterocycles. The zero-order valence-corrected chi connectivity index (χ0v) is 16.5. The van der Waals surface area contributed by atoms with Gasteiger partial charge in [-0.05, 0) is 36.5 Å². The fourth-order valence-corrected chi connectivity index (χ4v) is 3.18. The van der Waals surface area contributed by atoms with Crippen LogP contribution in [0.25, 0.3) is 22.2 Å². The summed E-state index contributed by atoms with van der Waals surface area (Å²) in [5.74, 6) is -0.830. The van der Waals surface area contributed by atoms with E-state index >= 15 is 0 Å². The van der Waals surface area contributed by atoms with Gasteiger partial charge in [0.05, 0.1) is 22.5 Å². The third kappa shape index (κ3) is 4.26. The highest BCUT2D eigenvalue weighted by molar-refractivity contribution is 7.80. The first-order valence-corrected chi connectivity index (χ1v) is 9.60. The van der Waals surface area contributed by atoms with E-state index in [1.165, 1.54) is 6.07 Å². The lowest BCUT2D eigenvalue weighted by atomic mass is 10.0. The van der Waals surface area contributed by atoms with Gasteiger partial charge in [0.15, 0.2) is 5.11 Å². The largest absolute Gasteiger partial charge is 0.329 e. The second-order valence-electron chi connectivity index (χ2n) is 6.45. The fraction of sp³-hybridized carbons (Fsp3) is 0. The van der Waals surface area contributed by atoms with Crippen molar-refractivity contribution in [3.05, 3.63) is 96.3 Å². The number of amides is 1. The van der Waals surface area contributed by atoms with Crippen LogP contribution in [0.15, 0.2) is 84.9 Å². The smallest absolute Gasteiger partial charge is 0.270 e. The third-order valence-corrected chi connectivity index (χ3v) is 4.65. The molecule has 0 saturated carbocycles. The Morgan fingerprint density at radius 3 is 2.37 bits per heavy atom. The number of rotatable bonds is 3. The molecule has 3 aromatic carbocycles. The number of carbonyl (C=O) groups excluding carboxylic acids is 1. The number of fused-ring (bicyclic) bond motifs is 1. The number of hydrazine groups is 1. The van der Waals surface area contributed by atoms with E-state index in [-0.39, 0.29) is 16.7 Å². The molecule has 0 bridgehead atoms. The van der Waals surface area contributed by atoms with Crippen LogP contribution in [0.1, 0.15) is 10.4 Å². The maximum Gasteiger partial charge on any atom is 0.270 e. The van der Waals surface area contributed by atoms with Gasteiger partial charge in [-0.3, -0.25) is 15.6 Å². The summed E-state index contributed by atoms with van der Waals surface area (Å²) < 4.78 is 13.7. The molecule has 0 radical (unpaired) electrons. The number of nitrogens with zero attached hydrogens (tertiary/aromatic N) is 1. The SMILES string of the molecule is O=C(NNC(=S)Nc1ccccc1F)c1cc(-c2ccccc2)nc2ccccc12. The number of nitrogens with one attached hydrogen (secondary N) is 3. The monoisotopic (exact) mass is 416 g/mol. The summed E-state index contributed by atoms with van der Waals surface area (Å²) >= 11 is 5.15. The highest BCUT2D eigenvalue weighted by Gasteiger charge is 2.14. The van der Waals surface area contributed by atoms with Crippen LogP contribution in [0.4, 0.5) is 10.1 Å². The second kappa shape index (κ2) is 8.67. The van der Waals surface area contributed by atoms with Crippen molar-refractivity contribution < 1.29 is 9.18 Å². The van der Waals surface area contributed by atoms with E-state index in [0.717, 1.165) is 5.56 Å². The van der Waals surface area contributed by atoms with Crippen LogP contribution in [0.2, 0.25) is 0 Å². The van der Waals surface area contributed by atoms with Crippen LogP contribution in [0.3, 0.4) is 0 Å². The van der Waals surface area contributed by atoms with E-state index in [1.54, 1.807) is 24.3 Å². The maximum atomic E-state index is 13.7. The topological polar surface area (TPSA) is 66.1 Å². The third-order valence-electron chi connectivity index (χ3n) is 4.44. The Labute approximate surface area is 177 Å². The predicted octanol–water partition coefficient (Wildman–Crippen LogP) is 4.67. The Morgan fingerprint density at radius 1 is 0.867 bits per heavy atom. The number of benzene rings is 3. The average Bonchev–Trinajstić information content (AvgIpc) is 2.79. The first kappa shape index (κ1) is 19.5. The highest BCUT2D eigenvalue weighted by Crippen LogP contribution is 2.24. The molecule has 0 fully saturated rings. The van der Waals surface area contributed by atoms with Gasteiger partial charge in [-0.25, -0.2) is 9.37 Å². The van der Waals surface area contributed by atoms with Crippen molar-refractivity contribution in [3.8, 4) is 11.3 Å². The standard InChI is InChI=1S/C23H17FN4OS/c24-18-11-5-7-13-20(18)26-23(30)28-27-22(29)17-14-21(15-8-2-1-3-9-15)25-19-12-6-4-10-16(17)19/h1-14H,(H,27,29)(H2,26,28,30). The number of thiocarbonyl (C=S) groups is 1. The van der Waals surface area contributed by atoms with Crippen LogP contribution in [-0.2, 0) is 0 Å². The van der Waals surface area contributed by atoms with Crippen molar-refractivity contribution in [2.75, 3.05) is 5.32 Å². The first-order valence-electron chi connectivity index (χ1n) is 9.19. The molecule has 4 aromatic rings. The van der Waals surface area contributed by atoms with Crippen molar-refractivity contribution in [3.63, 3.8) is 0 Å². The zero-order chi connectivity index (χ0) is 20.9. The molecule has 7 heteroatoms. The number of halogens is 1. The molecule has 4 rings (SSSR count). The quantitative estimate of drug-likeness (QED) is 0.335. The van der Waals surface area contributed by atoms with E-state index in [0.29, 0.717) is 22.2 Å². The second-order valence-corrected chi connectivity index (χ2v) is 6.86. The number of aromatic nitrogens is 1. The summed E-state index contributed by atoms with van der Waals surface area (Å²) in [6.07, 6.45) is 0. The molecule has 1 aromatic heterocycles. The molecule has 0 unspecified atom stereocenters. The summed E-state index contributed by atoms with van der Waals surface area (Å²) in [4.78, 5) is 17.6. The van der Waals surface area contributed by atoms with Gasteiger partial charge in [-0.15, -0.1) is 0 Å². The van der Waals surface area contributed by atoms with E-state index in [1.807, 2.05) is 54.6 Å². The van der Waals surface area contributed by atoms with E-state index < -0.39 is 5.82 Å². The number of hydrogen-bond donors (Lipinski definition) is 3. The zero-order valence-electron chi connectivity index (χ0n) is 15.7. The average molecular weight is 416 g/mol. The van der Waals surface area contributed by atoms with Crippen molar-refractivity contribution in [1.29, 1.82) is 0 Å². The van der Waals surface area contributed by atoms with E-state index in [2.05, 4.69) is 21.2 Å². The first-order chi connectivity index (χ1) is 14.6.